The van der Waals surface area contributed by atoms with Crippen LogP contribution in [0.2, 0.25) is 0 Å². The molecule has 0 saturated heterocycles. The number of nitrogens with one attached hydrogen (secondary N) is 1. The van der Waals surface area contributed by atoms with Gasteiger partial charge in [-0.15, -0.1) is 0 Å². The summed E-state index contributed by atoms with van der Waals surface area (Å²) in [5, 5.41) is 5.96. The van der Waals surface area contributed by atoms with Crippen LogP contribution in [0.4, 0.5) is 0 Å². The summed E-state index contributed by atoms with van der Waals surface area (Å²) in [7, 11) is -7.62. The molecule has 10 heteroatoms. The maximum Gasteiger partial charge on any atom is 0.240 e. The maximum atomic E-state index is 12.3. The Morgan fingerprint density at radius 1 is 0.929 bits per heavy atom. The smallest absolute Gasteiger partial charge is 0.240 e. The minimum Gasteiger partial charge on any atom is -0.491 e. The molecule has 3 N–H and O–H groups in total. The third kappa shape index (κ3) is 4.84. The third-order valence-electron chi connectivity index (χ3n) is 3.93. The van der Waals surface area contributed by atoms with E-state index in [1.165, 1.54) is 12.1 Å². The molecule has 0 saturated carbocycles. The fourth-order valence-corrected chi connectivity index (χ4v) is 4.13. The van der Waals surface area contributed by atoms with Gasteiger partial charge in [0.15, 0.2) is 0 Å². The van der Waals surface area contributed by atoms with Crippen molar-refractivity contribution in [2.75, 3.05) is 13.2 Å². The molecular formula is C18H19N3O5S2. The van der Waals surface area contributed by atoms with Crippen LogP contribution >= 0.6 is 0 Å². The minimum absolute atomic E-state index is 0.0425. The van der Waals surface area contributed by atoms with Crippen LogP contribution in [-0.2, 0) is 20.0 Å². The Labute approximate surface area is 163 Å². The molecule has 0 amide bonds. The van der Waals surface area contributed by atoms with Gasteiger partial charge >= 0.3 is 0 Å². The number of nitrogens with two attached hydrogens (primary N) is 1. The van der Waals surface area contributed by atoms with E-state index in [1.807, 2.05) is 30.3 Å². The Hall–Kier alpha value is -2.53. The predicted molar refractivity (Wildman–Crippen MR) is 105 cm³/mol. The number of nitrogens with zero attached hydrogens (tertiary/aromatic N) is 1. The van der Waals surface area contributed by atoms with Crippen LogP contribution < -0.4 is 14.6 Å². The number of para-hydroxylation sites is 1. The highest BCUT2D eigenvalue weighted by Crippen LogP contribution is 2.22. The third-order valence-corrected chi connectivity index (χ3v) is 6.34. The van der Waals surface area contributed by atoms with Gasteiger partial charge in [-0.25, -0.2) is 26.7 Å². The summed E-state index contributed by atoms with van der Waals surface area (Å²) in [6.07, 6.45) is 2.13. The number of ether oxygens (including phenoxy) is 1. The standard InChI is InChI=1S/C18H19N3O5S2/c19-27(22,23)15-7-9-16(10-8-15)28(24,25)21-12-3-13-26-17-6-1-4-14-5-2-11-20-18(14)17/h1-2,4-11,21H,3,12-13H2,(H2,19,22,23). The maximum absolute atomic E-state index is 12.3. The van der Waals surface area contributed by atoms with Gasteiger partial charge in [0.2, 0.25) is 20.0 Å². The predicted octanol–water partition coefficient (Wildman–Crippen LogP) is 1.63. The van der Waals surface area contributed by atoms with Crippen molar-refractivity contribution >= 4 is 30.9 Å². The normalized spacial score (nSPS) is 12.2. The number of sulfonamides is 2. The lowest BCUT2D eigenvalue weighted by molar-refractivity contribution is 0.314. The number of pyridine rings is 1. The van der Waals surface area contributed by atoms with Crippen molar-refractivity contribution in [1.82, 2.24) is 9.71 Å². The molecule has 0 atom stereocenters. The van der Waals surface area contributed by atoms with Crippen LogP contribution in [0.3, 0.4) is 0 Å². The average molecular weight is 422 g/mol. The molecule has 1 aromatic heterocycles. The lowest BCUT2D eigenvalue weighted by Crippen LogP contribution is -2.26. The number of hydrogen-bond acceptors (Lipinski definition) is 6. The highest BCUT2D eigenvalue weighted by Gasteiger charge is 2.15. The van der Waals surface area contributed by atoms with Gasteiger partial charge in [-0.2, -0.15) is 0 Å². The second-order valence-corrected chi connectivity index (χ2v) is 9.28. The molecule has 0 radical (unpaired) electrons. The zero-order valence-electron chi connectivity index (χ0n) is 14.8. The minimum atomic E-state index is -3.87. The van der Waals surface area contributed by atoms with Gasteiger partial charge in [0, 0.05) is 18.1 Å². The van der Waals surface area contributed by atoms with Gasteiger partial charge in [-0.05, 0) is 42.8 Å². The molecule has 0 aliphatic heterocycles. The lowest BCUT2D eigenvalue weighted by atomic mass is 10.2. The molecule has 0 fully saturated rings. The van der Waals surface area contributed by atoms with Crippen molar-refractivity contribution < 1.29 is 21.6 Å². The van der Waals surface area contributed by atoms with Crippen molar-refractivity contribution in [2.45, 2.75) is 16.2 Å². The van der Waals surface area contributed by atoms with E-state index in [4.69, 9.17) is 9.88 Å². The SMILES string of the molecule is NS(=O)(=O)c1ccc(S(=O)(=O)NCCCOc2cccc3cccnc23)cc1. The highest BCUT2D eigenvalue weighted by molar-refractivity contribution is 7.89. The first-order valence-corrected chi connectivity index (χ1v) is 11.4. The van der Waals surface area contributed by atoms with E-state index < -0.39 is 20.0 Å². The topological polar surface area (TPSA) is 128 Å². The van der Waals surface area contributed by atoms with Crippen LogP contribution in [0.1, 0.15) is 6.42 Å². The van der Waals surface area contributed by atoms with Gasteiger partial charge in [-0.3, -0.25) is 4.98 Å². The molecule has 3 rings (SSSR count). The van der Waals surface area contributed by atoms with Crippen molar-refractivity contribution in [3.8, 4) is 5.75 Å². The Balaban J connectivity index is 1.54. The second kappa shape index (κ2) is 8.23. The summed E-state index contributed by atoms with van der Waals surface area (Å²) in [6.45, 7) is 0.472. The molecular weight excluding hydrogens is 402 g/mol. The van der Waals surface area contributed by atoms with E-state index in [0.29, 0.717) is 18.8 Å². The first kappa shape index (κ1) is 20.2. The number of benzene rings is 2. The highest BCUT2D eigenvalue weighted by atomic mass is 32.2. The summed E-state index contributed by atoms with van der Waals surface area (Å²) in [5.41, 5.74) is 0.750. The number of hydrogen-bond donors (Lipinski definition) is 2. The summed E-state index contributed by atoms with van der Waals surface area (Å²) in [5.74, 6) is 0.638. The second-order valence-electron chi connectivity index (χ2n) is 5.95. The molecule has 8 nitrogen and oxygen atoms in total. The molecule has 0 aliphatic rings. The van der Waals surface area contributed by atoms with Crippen molar-refractivity contribution in [3.63, 3.8) is 0 Å². The van der Waals surface area contributed by atoms with E-state index in [-0.39, 0.29) is 16.3 Å². The number of aromatic nitrogens is 1. The van der Waals surface area contributed by atoms with Crippen molar-refractivity contribution in [1.29, 1.82) is 0 Å². The number of fused-ring (bicyclic) bond motifs is 1. The molecule has 3 aromatic rings. The average Bonchev–Trinajstić information content (AvgIpc) is 2.67. The van der Waals surface area contributed by atoms with Crippen LogP contribution in [0, 0.1) is 0 Å². The summed E-state index contributed by atoms with van der Waals surface area (Å²) in [4.78, 5) is 4.10. The Morgan fingerprint density at radius 2 is 1.61 bits per heavy atom. The number of rotatable bonds is 8. The summed E-state index contributed by atoms with van der Waals surface area (Å²) < 4.78 is 55.1. The molecule has 0 aliphatic carbocycles. The van der Waals surface area contributed by atoms with Crippen LogP contribution in [0.15, 0.2) is 70.6 Å². The van der Waals surface area contributed by atoms with E-state index in [2.05, 4.69) is 9.71 Å². The summed E-state index contributed by atoms with van der Waals surface area (Å²) >= 11 is 0. The van der Waals surface area contributed by atoms with E-state index in [1.54, 1.807) is 6.20 Å². The van der Waals surface area contributed by atoms with Crippen molar-refractivity contribution in [3.05, 3.63) is 60.8 Å². The molecule has 28 heavy (non-hydrogen) atoms. The number of primary sulfonamides is 1. The van der Waals surface area contributed by atoms with Crippen LogP contribution in [-0.4, -0.2) is 35.0 Å². The fraction of sp³-hybridized carbons (Fsp3) is 0.167. The monoisotopic (exact) mass is 421 g/mol. The first-order valence-electron chi connectivity index (χ1n) is 8.36. The zero-order valence-corrected chi connectivity index (χ0v) is 16.4. The van der Waals surface area contributed by atoms with E-state index in [9.17, 15) is 16.8 Å². The fourth-order valence-electron chi connectivity index (χ4n) is 2.55. The van der Waals surface area contributed by atoms with Crippen molar-refractivity contribution in [2.24, 2.45) is 5.14 Å². The largest absolute Gasteiger partial charge is 0.491 e. The van der Waals surface area contributed by atoms with Gasteiger partial charge in [0.05, 0.1) is 16.4 Å². The molecule has 0 bridgehead atoms. The summed E-state index contributed by atoms with van der Waals surface area (Å²) in [6, 6.07) is 14.1. The van der Waals surface area contributed by atoms with Gasteiger partial charge < -0.3 is 4.74 Å². The molecule has 0 spiro atoms. The quantitative estimate of drug-likeness (QED) is 0.532. The molecule has 1 heterocycles. The molecule has 0 unspecified atom stereocenters. The Kier molecular flexibility index (Phi) is 5.94. The van der Waals surface area contributed by atoms with Gasteiger partial charge in [-0.1, -0.05) is 18.2 Å². The Morgan fingerprint density at radius 3 is 2.32 bits per heavy atom. The Bertz CT molecular complexity index is 1170. The van der Waals surface area contributed by atoms with Gasteiger partial charge in [0.25, 0.3) is 0 Å². The lowest BCUT2D eigenvalue weighted by Gasteiger charge is -2.10. The van der Waals surface area contributed by atoms with Gasteiger partial charge in [0.1, 0.15) is 11.3 Å². The van der Waals surface area contributed by atoms with Crippen LogP contribution in [0.25, 0.3) is 10.9 Å². The first-order chi connectivity index (χ1) is 13.3. The van der Waals surface area contributed by atoms with Crippen LogP contribution in [0.5, 0.6) is 5.75 Å². The molecule has 2 aromatic carbocycles. The van der Waals surface area contributed by atoms with E-state index in [0.717, 1.165) is 23.0 Å². The van der Waals surface area contributed by atoms with E-state index >= 15 is 0 Å². The zero-order chi connectivity index (χ0) is 20.2. The molecule has 148 valence electrons.